The molecule has 1 aliphatic heterocycles. The van der Waals surface area contributed by atoms with Crippen molar-refractivity contribution in [1.29, 1.82) is 0 Å². The van der Waals surface area contributed by atoms with Gasteiger partial charge in [-0.05, 0) is 79.6 Å². The number of nitrogens with one attached hydrogen (secondary N) is 5. The van der Waals surface area contributed by atoms with Gasteiger partial charge in [0, 0.05) is 42.3 Å². The minimum atomic E-state index is -1.26. The van der Waals surface area contributed by atoms with E-state index in [-0.39, 0.29) is 0 Å². The lowest BCUT2D eigenvalue weighted by Gasteiger charge is -2.45. The molecule has 1 aliphatic rings. The van der Waals surface area contributed by atoms with Crippen LogP contribution in [-0.2, 0) is 57.5 Å². The van der Waals surface area contributed by atoms with E-state index in [1.165, 1.54) is 87.7 Å². The number of allylic oxidation sites excluding steroid dienone is 2. The van der Waals surface area contributed by atoms with Gasteiger partial charge in [0.15, 0.2) is 0 Å². The van der Waals surface area contributed by atoms with Gasteiger partial charge in [-0.15, -0.1) is 0 Å². The van der Waals surface area contributed by atoms with Crippen LogP contribution in [0.4, 0.5) is 0 Å². The van der Waals surface area contributed by atoms with E-state index in [1.54, 1.807) is 132 Å². The number of ether oxygens (including phenoxy) is 1. The van der Waals surface area contributed by atoms with Crippen molar-refractivity contribution in [1.82, 2.24) is 56.0 Å². The zero-order chi connectivity index (χ0) is 67.5. The molecule has 12 atom stereocenters. The van der Waals surface area contributed by atoms with E-state index >= 15 is 9.59 Å². The second-order valence-electron chi connectivity index (χ2n) is 29.1. The van der Waals surface area contributed by atoms with Crippen LogP contribution in [0.3, 0.4) is 0 Å². The standard InChI is InChI=1S/C63H113N11O12/c1-30-31-32-37(8)45-43(64-23)51(77)67-41(34(2)3)55(81)69(24)33-40(75)70(25)46(60(11,12)13)53(79)68-42(35(4)5)56(82)72(27)47(61(14,15)16)52(78)65-38(9)50(76)66-39(10)54(80)73(28)49(63(20,21)22)58(84)74(29)48(62(17,18)19)57(83)71(26)44(36(6)7)59(85)86-45/h30-31,34-39,41-49,64H,32-33H2,1-29H3,(H,65,78)(H,66,76)(H,67,77)(H,68,79)/b31-30+. The number of carbonyl (C=O) groups excluding carboxylic acids is 11. The molecule has 0 bridgehead atoms. The SMILES string of the molecule is C/C=C/CC(C)C1OC(=O)C(C(C)C)N(C)C(=O)C(C(C)(C)C)N(C)C(=O)C(C(C)(C)C)N(C)C(=O)C(C)NC(=O)C(C)NC(=O)C(C(C)(C)C)N(C)C(=O)C(C(C)C)NC(=O)C(C(C)(C)C)N(C)C(=O)CN(C)C(=O)C(C(C)C)NC(=O)C1NC. The second-order valence-corrected chi connectivity index (χ2v) is 29.1. The summed E-state index contributed by atoms with van der Waals surface area (Å²) in [6, 6.07) is -12.3. The van der Waals surface area contributed by atoms with E-state index in [1.807, 2.05) is 19.1 Å². The highest BCUT2D eigenvalue weighted by molar-refractivity contribution is 5.99. The third-order valence-corrected chi connectivity index (χ3v) is 16.0. The number of cyclic esters (lactones) is 1. The first-order valence-electron chi connectivity index (χ1n) is 30.2. The average molecular weight is 1220 g/mol. The lowest BCUT2D eigenvalue weighted by Crippen LogP contribution is -2.64. The Labute approximate surface area is 515 Å². The molecular weight excluding hydrogens is 1100 g/mol. The molecule has 0 aliphatic carbocycles. The van der Waals surface area contributed by atoms with E-state index < -0.39 is 183 Å². The van der Waals surface area contributed by atoms with Crippen molar-refractivity contribution in [2.75, 3.05) is 55.9 Å². The summed E-state index contributed by atoms with van der Waals surface area (Å²) in [6.45, 7) is 37.4. The van der Waals surface area contributed by atoms with Crippen LogP contribution < -0.4 is 26.6 Å². The Bertz CT molecular complexity index is 2450. The quantitative estimate of drug-likeness (QED) is 0.179. The summed E-state index contributed by atoms with van der Waals surface area (Å²) in [5, 5.41) is 14.1. The Hall–Kier alpha value is -6.13. The Morgan fingerprint density at radius 2 is 0.872 bits per heavy atom. The first kappa shape index (κ1) is 77.9. The minimum Gasteiger partial charge on any atom is -0.458 e. The molecular formula is C63H113N11O12. The molecule has 0 saturated carbocycles. The fourth-order valence-corrected chi connectivity index (χ4v) is 11.5. The van der Waals surface area contributed by atoms with Gasteiger partial charge in [-0.25, -0.2) is 4.79 Å². The van der Waals surface area contributed by atoms with Crippen molar-refractivity contribution >= 4 is 65.0 Å². The molecule has 0 spiro atoms. The molecule has 23 nitrogen and oxygen atoms in total. The largest absolute Gasteiger partial charge is 0.458 e. The van der Waals surface area contributed by atoms with Crippen LogP contribution in [0, 0.1) is 45.3 Å². The fourth-order valence-electron chi connectivity index (χ4n) is 11.5. The molecule has 1 heterocycles. The normalized spacial score (nSPS) is 27.9. The van der Waals surface area contributed by atoms with E-state index in [2.05, 4.69) is 26.6 Å². The summed E-state index contributed by atoms with van der Waals surface area (Å²) in [5.74, 6) is -9.63. The summed E-state index contributed by atoms with van der Waals surface area (Å²) >= 11 is 0. The van der Waals surface area contributed by atoms with E-state index in [9.17, 15) is 43.2 Å². The van der Waals surface area contributed by atoms with Gasteiger partial charge in [0.2, 0.25) is 59.1 Å². The summed E-state index contributed by atoms with van der Waals surface area (Å²) < 4.78 is 6.39. The monoisotopic (exact) mass is 1220 g/mol. The minimum absolute atomic E-state index is 0.357. The number of hydrogen-bond donors (Lipinski definition) is 5. The highest BCUT2D eigenvalue weighted by atomic mass is 16.5. The van der Waals surface area contributed by atoms with Crippen LogP contribution in [0.1, 0.15) is 159 Å². The number of amides is 10. The van der Waals surface area contributed by atoms with Crippen molar-refractivity contribution in [2.24, 2.45) is 45.3 Å². The Balaban J connectivity index is 4.36. The first-order valence-corrected chi connectivity index (χ1v) is 30.2. The maximum atomic E-state index is 15.2. The van der Waals surface area contributed by atoms with Crippen LogP contribution in [0.15, 0.2) is 12.2 Å². The predicted molar refractivity (Wildman–Crippen MR) is 333 cm³/mol. The zero-order valence-corrected chi connectivity index (χ0v) is 57.8. The van der Waals surface area contributed by atoms with Crippen molar-refractivity contribution in [3.8, 4) is 0 Å². The summed E-state index contributed by atoms with van der Waals surface area (Å²) in [7, 11) is 10.1. The number of likely N-dealkylation sites (N-methyl/N-ethyl adjacent to an activating group) is 7. The third kappa shape index (κ3) is 19.9. The van der Waals surface area contributed by atoms with Gasteiger partial charge >= 0.3 is 5.97 Å². The van der Waals surface area contributed by atoms with Gasteiger partial charge < -0.3 is 60.7 Å². The summed E-state index contributed by atoms with van der Waals surface area (Å²) in [4.78, 5) is 168. The van der Waals surface area contributed by atoms with Crippen LogP contribution in [0.2, 0.25) is 0 Å². The number of nitrogens with zero attached hydrogens (tertiary/aromatic N) is 6. The molecule has 5 N–H and O–H groups in total. The van der Waals surface area contributed by atoms with Gasteiger partial charge in [-0.3, -0.25) is 47.9 Å². The molecule has 1 fully saturated rings. The van der Waals surface area contributed by atoms with Gasteiger partial charge in [0.05, 0.1) is 6.54 Å². The fraction of sp³-hybridized carbons (Fsp3) is 0.794. The van der Waals surface area contributed by atoms with Crippen molar-refractivity contribution in [3.63, 3.8) is 0 Å². The smallest absolute Gasteiger partial charge is 0.329 e. The molecule has 86 heavy (non-hydrogen) atoms. The predicted octanol–water partition coefficient (Wildman–Crippen LogP) is 3.83. The topological polar surface area (TPSA) is 277 Å². The van der Waals surface area contributed by atoms with Gasteiger partial charge in [-0.2, -0.15) is 0 Å². The number of carbonyl (C=O) groups is 11. The van der Waals surface area contributed by atoms with Crippen LogP contribution >= 0.6 is 0 Å². The van der Waals surface area contributed by atoms with E-state index in [0.717, 1.165) is 4.90 Å². The van der Waals surface area contributed by atoms with Crippen LogP contribution in [-0.4, -0.2) is 217 Å². The van der Waals surface area contributed by atoms with Crippen molar-refractivity contribution in [3.05, 3.63) is 12.2 Å². The van der Waals surface area contributed by atoms with Gasteiger partial charge in [0.25, 0.3) is 0 Å². The molecule has 0 aromatic rings. The van der Waals surface area contributed by atoms with Crippen LogP contribution in [0.5, 0.6) is 0 Å². The lowest BCUT2D eigenvalue weighted by molar-refractivity contribution is -0.169. The van der Waals surface area contributed by atoms with Crippen molar-refractivity contribution < 1.29 is 57.5 Å². The van der Waals surface area contributed by atoms with Gasteiger partial charge in [-0.1, -0.05) is 144 Å². The number of rotatable bonds is 7. The van der Waals surface area contributed by atoms with Gasteiger partial charge in [0.1, 0.15) is 66.5 Å². The maximum absolute atomic E-state index is 15.2. The number of esters is 1. The molecule has 10 amide bonds. The molecule has 0 aromatic heterocycles. The Kier molecular flexibility index (Phi) is 28.2. The molecule has 12 unspecified atom stereocenters. The molecule has 0 radical (unpaired) electrons. The average Bonchev–Trinajstić information content (AvgIpc) is 1.60. The van der Waals surface area contributed by atoms with E-state index in [0.29, 0.717) is 6.42 Å². The molecule has 1 saturated heterocycles. The number of hydrogen-bond acceptors (Lipinski definition) is 13. The zero-order valence-electron chi connectivity index (χ0n) is 57.8. The molecule has 23 heteroatoms. The molecule has 1 rings (SSSR count). The Morgan fingerprint density at radius 3 is 1.29 bits per heavy atom. The van der Waals surface area contributed by atoms with E-state index in [4.69, 9.17) is 4.74 Å². The second kappa shape index (κ2) is 31.2. The summed E-state index contributed by atoms with van der Waals surface area (Å²) in [6.07, 6.45) is 2.85. The van der Waals surface area contributed by atoms with Crippen molar-refractivity contribution in [2.45, 2.75) is 225 Å². The lowest BCUT2D eigenvalue weighted by atomic mass is 9.81. The van der Waals surface area contributed by atoms with Crippen LogP contribution in [0.25, 0.3) is 0 Å². The Morgan fingerprint density at radius 1 is 0.488 bits per heavy atom. The third-order valence-electron chi connectivity index (χ3n) is 16.0. The summed E-state index contributed by atoms with van der Waals surface area (Å²) in [5.41, 5.74) is -3.82. The highest BCUT2D eigenvalue weighted by Gasteiger charge is 2.49. The highest BCUT2D eigenvalue weighted by Crippen LogP contribution is 2.33. The molecule has 0 aromatic carbocycles. The molecule has 492 valence electrons. The first-order chi connectivity index (χ1) is 39.0. The maximum Gasteiger partial charge on any atom is 0.329 e.